The van der Waals surface area contributed by atoms with Gasteiger partial charge >= 0.3 is 5.97 Å². The molecule has 1 aliphatic heterocycles. The van der Waals surface area contributed by atoms with Crippen LogP contribution in [0.5, 0.6) is 0 Å². The number of hydrogen-bond acceptors (Lipinski definition) is 4. The molecule has 1 aromatic rings. The van der Waals surface area contributed by atoms with Crippen LogP contribution in [0.15, 0.2) is 12.1 Å². The summed E-state index contributed by atoms with van der Waals surface area (Å²) in [5, 5.41) is 3.50. The molecule has 0 fully saturated rings. The SMILES string of the molecule is CCOC(=O)c1ccc2c3c1CC(N(CC)CC)CC3CN2. The first-order chi connectivity index (χ1) is 10.7. The van der Waals surface area contributed by atoms with E-state index < -0.39 is 0 Å². The van der Waals surface area contributed by atoms with E-state index in [-0.39, 0.29) is 5.97 Å². The fourth-order valence-corrected chi connectivity index (χ4v) is 4.11. The normalized spacial score (nSPS) is 22.4. The number of nitrogens with zero attached hydrogens (tertiary/aromatic N) is 1. The van der Waals surface area contributed by atoms with Crippen LogP contribution in [0.4, 0.5) is 5.69 Å². The van der Waals surface area contributed by atoms with Crippen LogP contribution in [0.25, 0.3) is 0 Å². The minimum atomic E-state index is -0.175. The number of rotatable bonds is 5. The Morgan fingerprint density at radius 1 is 1.32 bits per heavy atom. The second kappa shape index (κ2) is 6.29. The third-order valence-electron chi connectivity index (χ3n) is 5.12. The fraction of sp³-hybridized carbons (Fsp3) is 0.611. The van der Waals surface area contributed by atoms with Crippen molar-refractivity contribution in [3.05, 3.63) is 28.8 Å². The zero-order valence-electron chi connectivity index (χ0n) is 13.8. The highest BCUT2D eigenvalue weighted by Gasteiger charge is 2.36. The fourth-order valence-electron chi connectivity index (χ4n) is 4.11. The molecular weight excluding hydrogens is 276 g/mol. The van der Waals surface area contributed by atoms with Crippen molar-refractivity contribution in [2.24, 2.45) is 0 Å². The van der Waals surface area contributed by atoms with E-state index in [1.54, 1.807) is 0 Å². The van der Waals surface area contributed by atoms with Gasteiger partial charge in [0.25, 0.3) is 0 Å². The van der Waals surface area contributed by atoms with Gasteiger partial charge in [-0.3, -0.25) is 0 Å². The van der Waals surface area contributed by atoms with Gasteiger partial charge in [-0.1, -0.05) is 13.8 Å². The Labute approximate surface area is 132 Å². The molecule has 2 aliphatic rings. The van der Waals surface area contributed by atoms with Crippen LogP contribution in [-0.2, 0) is 11.2 Å². The molecule has 4 nitrogen and oxygen atoms in total. The number of esters is 1. The molecule has 0 saturated heterocycles. The summed E-state index contributed by atoms with van der Waals surface area (Å²) in [6.07, 6.45) is 2.14. The Bertz CT molecular complexity index is 566. The van der Waals surface area contributed by atoms with E-state index in [0.717, 1.165) is 31.6 Å². The smallest absolute Gasteiger partial charge is 0.338 e. The number of anilines is 1. The van der Waals surface area contributed by atoms with Crippen molar-refractivity contribution >= 4 is 11.7 Å². The lowest BCUT2D eigenvalue weighted by atomic mass is 9.78. The summed E-state index contributed by atoms with van der Waals surface area (Å²) < 4.78 is 5.26. The van der Waals surface area contributed by atoms with E-state index in [1.165, 1.54) is 23.2 Å². The molecule has 0 aromatic heterocycles. The summed E-state index contributed by atoms with van der Waals surface area (Å²) >= 11 is 0. The molecule has 2 unspecified atom stereocenters. The van der Waals surface area contributed by atoms with E-state index in [0.29, 0.717) is 18.6 Å². The highest BCUT2D eigenvalue weighted by molar-refractivity contribution is 5.93. The highest BCUT2D eigenvalue weighted by atomic mass is 16.5. The van der Waals surface area contributed by atoms with E-state index in [2.05, 4.69) is 24.1 Å². The maximum absolute atomic E-state index is 12.3. The van der Waals surface area contributed by atoms with Gasteiger partial charge in [-0.15, -0.1) is 0 Å². The van der Waals surface area contributed by atoms with Gasteiger partial charge in [0.1, 0.15) is 0 Å². The molecule has 1 aliphatic carbocycles. The quantitative estimate of drug-likeness (QED) is 0.849. The van der Waals surface area contributed by atoms with Crippen LogP contribution in [-0.4, -0.2) is 43.2 Å². The number of hydrogen-bond donors (Lipinski definition) is 1. The molecule has 0 amide bonds. The number of carbonyl (C=O) groups excluding carboxylic acids is 1. The van der Waals surface area contributed by atoms with Gasteiger partial charge in [-0.2, -0.15) is 0 Å². The first-order valence-electron chi connectivity index (χ1n) is 8.50. The Hall–Kier alpha value is -1.55. The second-order valence-corrected chi connectivity index (χ2v) is 6.17. The van der Waals surface area contributed by atoms with E-state index in [4.69, 9.17) is 4.74 Å². The van der Waals surface area contributed by atoms with Crippen LogP contribution < -0.4 is 5.32 Å². The largest absolute Gasteiger partial charge is 0.462 e. The van der Waals surface area contributed by atoms with Crippen LogP contribution >= 0.6 is 0 Å². The predicted octanol–water partition coefficient (Wildman–Crippen LogP) is 3.03. The zero-order valence-corrected chi connectivity index (χ0v) is 13.8. The Kier molecular flexibility index (Phi) is 4.39. The second-order valence-electron chi connectivity index (χ2n) is 6.17. The summed E-state index contributed by atoms with van der Waals surface area (Å²) in [5.74, 6) is 0.352. The molecule has 3 rings (SSSR count). The van der Waals surface area contributed by atoms with Gasteiger partial charge in [-0.05, 0) is 56.1 Å². The summed E-state index contributed by atoms with van der Waals surface area (Å²) in [4.78, 5) is 14.8. The van der Waals surface area contributed by atoms with Crippen molar-refractivity contribution in [1.29, 1.82) is 0 Å². The monoisotopic (exact) mass is 302 g/mol. The molecule has 2 atom stereocenters. The van der Waals surface area contributed by atoms with Crippen molar-refractivity contribution in [2.45, 2.75) is 45.6 Å². The third kappa shape index (κ3) is 2.50. The number of ether oxygens (including phenoxy) is 1. The van der Waals surface area contributed by atoms with Crippen molar-refractivity contribution in [1.82, 2.24) is 4.90 Å². The maximum Gasteiger partial charge on any atom is 0.338 e. The summed E-state index contributed by atoms with van der Waals surface area (Å²) in [6, 6.07) is 4.51. The van der Waals surface area contributed by atoms with Crippen molar-refractivity contribution in [3.8, 4) is 0 Å². The highest BCUT2D eigenvalue weighted by Crippen LogP contribution is 2.43. The Morgan fingerprint density at radius 2 is 2.09 bits per heavy atom. The molecular formula is C18H26N2O2. The average molecular weight is 302 g/mol. The zero-order chi connectivity index (χ0) is 15.7. The molecule has 0 radical (unpaired) electrons. The first kappa shape index (κ1) is 15.3. The Balaban J connectivity index is 1.99. The standard InChI is InChI=1S/C18H26N2O2/c1-4-20(5-2)13-9-12-11-19-16-8-7-14(18(21)22-6-3)15(10-13)17(12)16/h7-8,12-13,19H,4-6,9-11H2,1-3H3. The summed E-state index contributed by atoms with van der Waals surface area (Å²) in [6.45, 7) is 9.84. The molecule has 120 valence electrons. The molecule has 0 spiro atoms. The van der Waals surface area contributed by atoms with Gasteiger partial charge in [0, 0.05) is 24.2 Å². The van der Waals surface area contributed by atoms with E-state index >= 15 is 0 Å². The van der Waals surface area contributed by atoms with Gasteiger partial charge in [0.15, 0.2) is 0 Å². The molecule has 0 saturated carbocycles. The minimum Gasteiger partial charge on any atom is -0.462 e. The predicted molar refractivity (Wildman–Crippen MR) is 88.7 cm³/mol. The summed E-state index contributed by atoms with van der Waals surface area (Å²) in [5.41, 5.74) is 4.57. The molecule has 4 heteroatoms. The van der Waals surface area contributed by atoms with Crippen molar-refractivity contribution in [3.63, 3.8) is 0 Å². The van der Waals surface area contributed by atoms with Crippen LogP contribution in [0.3, 0.4) is 0 Å². The van der Waals surface area contributed by atoms with Gasteiger partial charge in [0.2, 0.25) is 0 Å². The van der Waals surface area contributed by atoms with Gasteiger partial charge in [-0.25, -0.2) is 4.79 Å². The average Bonchev–Trinajstić information content (AvgIpc) is 2.93. The van der Waals surface area contributed by atoms with Gasteiger partial charge < -0.3 is 15.0 Å². The topological polar surface area (TPSA) is 41.6 Å². The summed E-state index contributed by atoms with van der Waals surface area (Å²) in [7, 11) is 0. The molecule has 0 bridgehead atoms. The van der Waals surface area contributed by atoms with Gasteiger partial charge in [0.05, 0.1) is 12.2 Å². The lowest BCUT2D eigenvalue weighted by molar-refractivity contribution is 0.0524. The van der Waals surface area contributed by atoms with E-state index in [9.17, 15) is 4.79 Å². The molecule has 1 heterocycles. The number of carbonyl (C=O) groups is 1. The van der Waals surface area contributed by atoms with Crippen molar-refractivity contribution in [2.75, 3.05) is 31.6 Å². The third-order valence-corrected chi connectivity index (χ3v) is 5.12. The first-order valence-corrected chi connectivity index (χ1v) is 8.50. The van der Waals surface area contributed by atoms with Crippen molar-refractivity contribution < 1.29 is 9.53 Å². The number of nitrogens with one attached hydrogen (secondary N) is 1. The van der Waals surface area contributed by atoms with E-state index in [1.807, 2.05) is 19.1 Å². The maximum atomic E-state index is 12.3. The number of benzene rings is 1. The van der Waals surface area contributed by atoms with Crippen LogP contribution in [0, 0.1) is 0 Å². The molecule has 1 aromatic carbocycles. The van der Waals surface area contributed by atoms with Crippen LogP contribution in [0.2, 0.25) is 0 Å². The molecule has 22 heavy (non-hydrogen) atoms. The minimum absolute atomic E-state index is 0.175. The lowest BCUT2D eigenvalue weighted by Crippen LogP contribution is -2.40. The number of likely N-dealkylation sites (N-methyl/N-ethyl adjacent to an activating group) is 1. The Morgan fingerprint density at radius 3 is 2.77 bits per heavy atom. The molecule has 1 N–H and O–H groups in total. The lowest BCUT2D eigenvalue weighted by Gasteiger charge is -2.36. The van der Waals surface area contributed by atoms with Crippen LogP contribution in [0.1, 0.15) is 54.6 Å².